The highest BCUT2D eigenvalue weighted by molar-refractivity contribution is 5.96. The zero-order chi connectivity index (χ0) is 17.7. The van der Waals surface area contributed by atoms with Crippen molar-refractivity contribution in [3.05, 3.63) is 29.8 Å². The zero-order valence-corrected chi connectivity index (χ0v) is 15.1. The lowest BCUT2D eigenvalue weighted by molar-refractivity contribution is 0.0632. The third kappa shape index (κ3) is 3.19. The fraction of sp³-hybridized carbons (Fsp3) is 0.619. The molecule has 5 aliphatic rings. The molecule has 5 fully saturated rings. The van der Waals surface area contributed by atoms with Gasteiger partial charge in [0.15, 0.2) is 0 Å². The second-order valence-corrected chi connectivity index (χ2v) is 8.84. The Kier molecular flexibility index (Phi) is 3.91. The maximum atomic E-state index is 13.1. The average Bonchev–Trinajstić information content (AvgIpc) is 3.44. The number of amides is 3. The van der Waals surface area contributed by atoms with Gasteiger partial charge in [-0.25, -0.2) is 4.79 Å². The van der Waals surface area contributed by atoms with Gasteiger partial charge < -0.3 is 15.5 Å². The van der Waals surface area contributed by atoms with Crippen molar-refractivity contribution in [1.82, 2.24) is 10.2 Å². The van der Waals surface area contributed by atoms with E-state index in [2.05, 4.69) is 15.5 Å². The van der Waals surface area contributed by atoms with Gasteiger partial charge in [0.2, 0.25) is 0 Å². The van der Waals surface area contributed by atoms with Crippen molar-refractivity contribution in [2.24, 2.45) is 17.8 Å². The van der Waals surface area contributed by atoms with Gasteiger partial charge >= 0.3 is 6.03 Å². The summed E-state index contributed by atoms with van der Waals surface area (Å²) in [6.07, 6.45) is 8.55. The van der Waals surface area contributed by atoms with Crippen molar-refractivity contribution in [2.75, 3.05) is 11.9 Å². The molecular formula is C21H27N3O2. The highest BCUT2D eigenvalue weighted by atomic mass is 16.2. The monoisotopic (exact) mass is 353 g/mol. The van der Waals surface area contributed by atoms with Crippen LogP contribution >= 0.6 is 0 Å². The van der Waals surface area contributed by atoms with Crippen LogP contribution in [0, 0.1) is 17.8 Å². The lowest BCUT2D eigenvalue weighted by Gasteiger charge is -2.39. The van der Waals surface area contributed by atoms with Crippen molar-refractivity contribution >= 4 is 17.6 Å². The molecule has 1 aromatic rings. The minimum Gasteiger partial charge on any atom is -0.335 e. The van der Waals surface area contributed by atoms with Crippen LogP contribution in [0.4, 0.5) is 10.5 Å². The molecule has 2 heterocycles. The normalized spacial score (nSPS) is 32.2. The second kappa shape index (κ2) is 6.29. The first-order chi connectivity index (χ1) is 12.6. The van der Waals surface area contributed by atoms with Gasteiger partial charge in [0.05, 0.1) is 0 Å². The number of anilines is 1. The number of nitrogens with zero attached hydrogens (tertiary/aromatic N) is 1. The smallest absolute Gasteiger partial charge is 0.319 e. The molecule has 2 atom stereocenters. The Morgan fingerprint density at radius 2 is 1.54 bits per heavy atom. The van der Waals surface area contributed by atoms with Crippen molar-refractivity contribution in [3.8, 4) is 0 Å². The molecule has 0 radical (unpaired) electrons. The van der Waals surface area contributed by atoms with Gasteiger partial charge in [-0.15, -0.1) is 0 Å². The number of hydrogen-bond donors (Lipinski definition) is 2. The van der Waals surface area contributed by atoms with Gasteiger partial charge in [0, 0.05) is 29.9 Å². The quantitative estimate of drug-likeness (QED) is 0.872. The Hall–Kier alpha value is -2.04. The van der Waals surface area contributed by atoms with E-state index in [1.807, 2.05) is 24.3 Å². The van der Waals surface area contributed by atoms with E-state index in [0.717, 1.165) is 42.5 Å². The molecule has 5 heteroatoms. The summed E-state index contributed by atoms with van der Waals surface area (Å²) in [5, 5.41) is 5.75. The largest absolute Gasteiger partial charge is 0.335 e. The Labute approximate surface area is 154 Å². The summed E-state index contributed by atoms with van der Waals surface area (Å²) in [7, 11) is 0. The number of fused-ring (bicyclic) bond motifs is 1. The van der Waals surface area contributed by atoms with Gasteiger partial charge in [-0.1, -0.05) is 0 Å². The molecule has 0 spiro atoms. The molecule has 3 saturated carbocycles. The lowest BCUT2D eigenvalue weighted by Crippen LogP contribution is -2.42. The molecule has 2 saturated heterocycles. The van der Waals surface area contributed by atoms with Gasteiger partial charge in [0.25, 0.3) is 5.91 Å². The van der Waals surface area contributed by atoms with Crippen molar-refractivity contribution < 1.29 is 9.59 Å². The van der Waals surface area contributed by atoms with E-state index < -0.39 is 0 Å². The molecule has 6 rings (SSSR count). The molecular weight excluding hydrogens is 326 g/mol. The number of carbonyl (C=O) groups is 2. The first-order valence-corrected chi connectivity index (χ1v) is 10.1. The zero-order valence-electron chi connectivity index (χ0n) is 15.1. The van der Waals surface area contributed by atoms with Crippen molar-refractivity contribution in [1.29, 1.82) is 0 Å². The first-order valence-electron chi connectivity index (χ1n) is 10.1. The van der Waals surface area contributed by atoms with E-state index in [-0.39, 0.29) is 11.9 Å². The molecule has 2 unspecified atom stereocenters. The maximum absolute atomic E-state index is 13.1. The second-order valence-electron chi connectivity index (χ2n) is 8.84. The van der Waals surface area contributed by atoms with E-state index >= 15 is 0 Å². The molecule has 3 amide bonds. The molecule has 1 aromatic carbocycles. The Morgan fingerprint density at radius 3 is 2.19 bits per heavy atom. The molecule has 26 heavy (non-hydrogen) atoms. The minimum atomic E-state index is -0.160. The molecule has 2 aliphatic heterocycles. The summed E-state index contributed by atoms with van der Waals surface area (Å²) in [6, 6.07) is 7.98. The number of rotatable bonds is 3. The molecule has 5 nitrogen and oxygen atoms in total. The Morgan fingerprint density at radius 1 is 0.885 bits per heavy atom. The van der Waals surface area contributed by atoms with Crippen molar-refractivity contribution in [2.45, 2.75) is 57.0 Å². The van der Waals surface area contributed by atoms with Gasteiger partial charge in [-0.3, -0.25) is 4.79 Å². The molecule has 2 N–H and O–H groups in total. The van der Waals surface area contributed by atoms with Crippen LogP contribution in [-0.4, -0.2) is 35.5 Å². The third-order valence-electron chi connectivity index (χ3n) is 6.67. The summed E-state index contributed by atoms with van der Waals surface area (Å²) < 4.78 is 0. The fourth-order valence-corrected chi connectivity index (χ4v) is 5.48. The van der Waals surface area contributed by atoms with E-state index in [1.165, 1.54) is 32.1 Å². The summed E-state index contributed by atoms with van der Waals surface area (Å²) >= 11 is 0. The van der Waals surface area contributed by atoms with E-state index in [4.69, 9.17) is 0 Å². The van der Waals surface area contributed by atoms with E-state index in [9.17, 15) is 9.59 Å². The Bertz CT molecular complexity index is 698. The van der Waals surface area contributed by atoms with Crippen LogP contribution in [0.15, 0.2) is 24.3 Å². The highest BCUT2D eigenvalue weighted by Gasteiger charge is 2.44. The average molecular weight is 353 g/mol. The number of nitrogens with one attached hydrogen (secondary N) is 2. The van der Waals surface area contributed by atoms with Crippen LogP contribution < -0.4 is 10.6 Å². The van der Waals surface area contributed by atoms with Gasteiger partial charge in [-0.05, 0) is 87.0 Å². The maximum Gasteiger partial charge on any atom is 0.319 e. The van der Waals surface area contributed by atoms with Crippen LogP contribution in [0.2, 0.25) is 0 Å². The summed E-state index contributed by atoms with van der Waals surface area (Å²) in [5.41, 5.74) is 1.47. The highest BCUT2D eigenvalue weighted by Crippen LogP contribution is 2.47. The minimum absolute atomic E-state index is 0.160. The number of hydrogen-bond acceptors (Lipinski definition) is 2. The van der Waals surface area contributed by atoms with Gasteiger partial charge in [-0.2, -0.15) is 0 Å². The van der Waals surface area contributed by atoms with Crippen LogP contribution in [0.1, 0.15) is 55.3 Å². The number of carbonyl (C=O) groups excluding carboxylic acids is 2. The molecule has 4 bridgehead atoms. The van der Waals surface area contributed by atoms with Crippen LogP contribution in [0.5, 0.6) is 0 Å². The van der Waals surface area contributed by atoms with Crippen LogP contribution in [-0.2, 0) is 0 Å². The Balaban J connectivity index is 1.27. The van der Waals surface area contributed by atoms with Crippen molar-refractivity contribution in [3.63, 3.8) is 0 Å². The predicted octanol–water partition coefficient (Wildman–Crippen LogP) is 3.62. The fourth-order valence-electron chi connectivity index (χ4n) is 5.48. The first kappa shape index (κ1) is 16.2. The SMILES string of the molecule is O=C(Nc1ccc(C(=O)N2CC3CC4CC(C3)CC2C4)cc1)NC1CC1. The molecule has 138 valence electrons. The summed E-state index contributed by atoms with van der Waals surface area (Å²) in [6.45, 7) is 0.931. The number of benzene rings is 1. The lowest BCUT2D eigenvalue weighted by atomic mass is 9.68. The van der Waals surface area contributed by atoms with E-state index in [1.54, 1.807) is 0 Å². The summed E-state index contributed by atoms with van der Waals surface area (Å²) in [4.78, 5) is 27.1. The standard InChI is InChI=1S/C21H27N3O2/c25-20(24-12-15-8-13-7-14(9-15)11-19(24)10-13)16-1-3-17(4-2-16)22-21(26)23-18-5-6-18/h1-4,13-15,18-19H,5-12H2,(H2,22,23,26). The topological polar surface area (TPSA) is 61.4 Å². The molecule has 0 aromatic heterocycles. The molecule has 3 aliphatic carbocycles. The van der Waals surface area contributed by atoms with Crippen LogP contribution in [0.25, 0.3) is 0 Å². The van der Waals surface area contributed by atoms with Crippen LogP contribution in [0.3, 0.4) is 0 Å². The number of urea groups is 1. The third-order valence-corrected chi connectivity index (χ3v) is 6.67. The summed E-state index contributed by atoms with van der Waals surface area (Å²) in [5.74, 6) is 2.54. The van der Waals surface area contributed by atoms with E-state index in [0.29, 0.717) is 18.0 Å². The predicted molar refractivity (Wildman–Crippen MR) is 100.0 cm³/mol. The van der Waals surface area contributed by atoms with Gasteiger partial charge in [0.1, 0.15) is 0 Å².